The van der Waals surface area contributed by atoms with E-state index in [4.69, 9.17) is 0 Å². The van der Waals surface area contributed by atoms with Crippen LogP contribution in [0.2, 0.25) is 0 Å². The van der Waals surface area contributed by atoms with Crippen molar-refractivity contribution in [1.29, 1.82) is 0 Å². The monoisotopic (exact) mass is 302 g/mol. The summed E-state index contributed by atoms with van der Waals surface area (Å²) < 4.78 is 0. The zero-order valence-electron chi connectivity index (χ0n) is 11.3. The van der Waals surface area contributed by atoms with Crippen LogP contribution >= 0.6 is 24.2 Å². The molecule has 1 aliphatic heterocycles. The average Bonchev–Trinajstić information content (AvgIpc) is 2.46. The van der Waals surface area contributed by atoms with Crippen LogP contribution in [0.1, 0.15) is 18.0 Å². The first-order chi connectivity index (χ1) is 8.85. The van der Waals surface area contributed by atoms with E-state index in [1.165, 1.54) is 10.5 Å². The lowest BCUT2D eigenvalue weighted by Crippen LogP contribution is -2.45. The van der Waals surface area contributed by atoms with E-state index >= 15 is 0 Å². The lowest BCUT2D eigenvalue weighted by atomic mass is 10.0. The smallest absolute Gasteiger partial charge is 0.0449 e. The summed E-state index contributed by atoms with van der Waals surface area (Å²) in [6.45, 7) is 4.47. The summed E-state index contributed by atoms with van der Waals surface area (Å²) in [5.41, 5.74) is 1.32. The Kier molecular flexibility index (Phi) is 7.80. The van der Waals surface area contributed by atoms with E-state index in [0.717, 1.165) is 32.6 Å². The molecule has 0 saturated carbocycles. The molecule has 2 rings (SSSR count). The first kappa shape index (κ1) is 16.8. The molecule has 2 N–H and O–H groups in total. The van der Waals surface area contributed by atoms with Gasteiger partial charge in [-0.05, 0) is 30.4 Å². The molecule has 0 aromatic heterocycles. The molecule has 0 spiro atoms. The van der Waals surface area contributed by atoms with E-state index in [1.54, 1.807) is 11.8 Å². The van der Waals surface area contributed by atoms with Gasteiger partial charge in [-0.2, -0.15) is 0 Å². The lowest BCUT2D eigenvalue weighted by molar-refractivity contribution is 0.141. The van der Waals surface area contributed by atoms with Crippen LogP contribution in [-0.4, -0.2) is 49.0 Å². The normalized spacial score (nSPS) is 17.8. The number of rotatable bonds is 5. The quantitative estimate of drug-likeness (QED) is 0.817. The minimum atomic E-state index is 0. The SMILES string of the molecule is CSc1ccc([C@@H](CCO)N2CCNCC2)cc1.Cl. The Bertz CT molecular complexity index is 355. The van der Waals surface area contributed by atoms with Gasteiger partial charge in [0.2, 0.25) is 0 Å². The zero-order chi connectivity index (χ0) is 12.8. The van der Waals surface area contributed by atoms with Gasteiger partial charge in [-0.1, -0.05) is 12.1 Å². The summed E-state index contributed by atoms with van der Waals surface area (Å²) in [6.07, 6.45) is 2.91. The van der Waals surface area contributed by atoms with Gasteiger partial charge in [0.05, 0.1) is 0 Å². The van der Waals surface area contributed by atoms with E-state index in [9.17, 15) is 5.11 Å². The average molecular weight is 303 g/mol. The third-order valence-electron chi connectivity index (χ3n) is 3.50. The molecule has 0 radical (unpaired) electrons. The summed E-state index contributed by atoms with van der Waals surface area (Å²) in [6, 6.07) is 9.11. The molecular weight excluding hydrogens is 280 g/mol. The van der Waals surface area contributed by atoms with Crippen LogP contribution in [0, 0.1) is 0 Å². The van der Waals surface area contributed by atoms with E-state index in [0.29, 0.717) is 6.04 Å². The van der Waals surface area contributed by atoms with Crippen LogP contribution in [0.25, 0.3) is 0 Å². The summed E-state index contributed by atoms with van der Waals surface area (Å²) >= 11 is 1.77. The van der Waals surface area contributed by atoms with Crippen molar-refractivity contribution >= 4 is 24.2 Å². The summed E-state index contributed by atoms with van der Waals surface area (Å²) in [7, 11) is 0. The highest BCUT2D eigenvalue weighted by molar-refractivity contribution is 7.98. The summed E-state index contributed by atoms with van der Waals surface area (Å²) in [5, 5.41) is 12.7. The Hall–Kier alpha value is -0.260. The Balaban J connectivity index is 0.00000180. The van der Waals surface area contributed by atoms with Crippen LogP contribution in [0.5, 0.6) is 0 Å². The maximum atomic E-state index is 9.28. The van der Waals surface area contributed by atoms with Gasteiger partial charge in [-0.25, -0.2) is 0 Å². The van der Waals surface area contributed by atoms with Gasteiger partial charge in [-0.3, -0.25) is 4.90 Å². The number of piperazine rings is 1. The second-order valence-corrected chi connectivity index (χ2v) is 5.47. The van der Waals surface area contributed by atoms with E-state index in [1.807, 2.05) is 0 Å². The maximum Gasteiger partial charge on any atom is 0.0449 e. The molecule has 0 bridgehead atoms. The zero-order valence-corrected chi connectivity index (χ0v) is 13.0. The molecule has 0 unspecified atom stereocenters. The standard InChI is InChI=1S/C14H22N2OS.ClH/c1-18-13-4-2-12(3-5-13)14(6-11-17)16-9-7-15-8-10-16;/h2-5,14-15,17H,6-11H2,1H3;1H/t14-;/m1./s1. The molecule has 1 atom stereocenters. The molecule has 3 nitrogen and oxygen atoms in total. The van der Waals surface area contributed by atoms with Crippen LogP contribution in [0.4, 0.5) is 0 Å². The maximum absolute atomic E-state index is 9.28. The van der Waals surface area contributed by atoms with E-state index in [2.05, 4.69) is 40.7 Å². The van der Waals surface area contributed by atoms with Gasteiger partial charge in [0.15, 0.2) is 0 Å². The molecule has 0 aliphatic carbocycles. The predicted octanol–water partition coefficient (Wildman–Crippen LogP) is 2.16. The first-order valence-corrected chi connectivity index (χ1v) is 7.77. The largest absolute Gasteiger partial charge is 0.396 e. The van der Waals surface area contributed by atoms with Crippen molar-refractivity contribution in [2.24, 2.45) is 0 Å². The minimum absolute atomic E-state index is 0. The van der Waals surface area contributed by atoms with Crippen molar-refractivity contribution in [3.8, 4) is 0 Å². The molecule has 108 valence electrons. The Morgan fingerprint density at radius 1 is 1.26 bits per heavy atom. The highest BCUT2D eigenvalue weighted by Gasteiger charge is 2.21. The number of hydrogen-bond acceptors (Lipinski definition) is 4. The fourth-order valence-electron chi connectivity index (χ4n) is 2.50. The predicted molar refractivity (Wildman–Crippen MR) is 84.4 cm³/mol. The van der Waals surface area contributed by atoms with Gasteiger partial charge >= 0.3 is 0 Å². The van der Waals surface area contributed by atoms with Crippen LogP contribution in [0.15, 0.2) is 29.2 Å². The fraction of sp³-hybridized carbons (Fsp3) is 0.571. The van der Waals surface area contributed by atoms with Crippen molar-refractivity contribution in [2.45, 2.75) is 17.4 Å². The molecule has 1 aromatic carbocycles. The van der Waals surface area contributed by atoms with Crippen LogP contribution in [-0.2, 0) is 0 Å². The molecule has 1 fully saturated rings. The Morgan fingerprint density at radius 2 is 1.89 bits per heavy atom. The van der Waals surface area contributed by atoms with Gasteiger partial charge in [0, 0.05) is 43.7 Å². The highest BCUT2D eigenvalue weighted by Crippen LogP contribution is 2.26. The van der Waals surface area contributed by atoms with Gasteiger partial charge in [0.1, 0.15) is 0 Å². The lowest BCUT2D eigenvalue weighted by Gasteiger charge is -2.35. The molecular formula is C14H23ClN2OS. The number of aliphatic hydroxyl groups is 1. The molecule has 5 heteroatoms. The number of nitrogens with one attached hydrogen (secondary N) is 1. The summed E-state index contributed by atoms with van der Waals surface area (Å²) in [4.78, 5) is 3.77. The number of aliphatic hydroxyl groups excluding tert-OH is 1. The number of halogens is 1. The molecule has 1 aromatic rings. The first-order valence-electron chi connectivity index (χ1n) is 6.54. The second kappa shape index (κ2) is 8.82. The Labute approximate surface area is 126 Å². The molecule has 1 saturated heterocycles. The van der Waals surface area contributed by atoms with Gasteiger partial charge < -0.3 is 10.4 Å². The van der Waals surface area contributed by atoms with Gasteiger partial charge in [0.25, 0.3) is 0 Å². The molecule has 19 heavy (non-hydrogen) atoms. The number of benzene rings is 1. The molecule has 0 amide bonds. The molecule has 1 aliphatic rings. The number of nitrogens with zero attached hydrogens (tertiary/aromatic N) is 1. The highest BCUT2D eigenvalue weighted by atomic mass is 35.5. The topological polar surface area (TPSA) is 35.5 Å². The van der Waals surface area contributed by atoms with Crippen molar-refractivity contribution in [1.82, 2.24) is 10.2 Å². The third-order valence-corrected chi connectivity index (χ3v) is 4.24. The summed E-state index contributed by atoms with van der Waals surface area (Å²) in [5.74, 6) is 0. The van der Waals surface area contributed by atoms with Crippen molar-refractivity contribution in [2.75, 3.05) is 39.0 Å². The second-order valence-electron chi connectivity index (χ2n) is 4.59. The Morgan fingerprint density at radius 3 is 2.42 bits per heavy atom. The van der Waals surface area contributed by atoms with Crippen molar-refractivity contribution in [3.63, 3.8) is 0 Å². The van der Waals surface area contributed by atoms with Crippen molar-refractivity contribution in [3.05, 3.63) is 29.8 Å². The number of hydrogen-bond donors (Lipinski definition) is 2. The van der Waals surface area contributed by atoms with E-state index < -0.39 is 0 Å². The number of thioether (sulfide) groups is 1. The van der Waals surface area contributed by atoms with Gasteiger partial charge in [-0.15, -0.1) is 24.2 Å². The fourth-order valence-corrected chi connectivity index (χ4v) is 2.91. The van der Waals surface area contributed by atoms with Crippen LogP contribution in [0.3, 0.4) is 0 Å². The van der Waals surface area contributed by atoms with Crippen LogP contribution < -0.4 is 5.32 Å². The minimum Gasteiger partial charge on any atom is -0.396 e. The third kappa shape index (κ3) is 4.65. The van der Waals surface area contributed by atoms with Crippen molar-refractivity contribution < 1.29 is 5.11 Å². The van der Waals surface area contributed by atoms with E-state index in [-0.39, 0.29) is 19.0 Å². The molecule has 1 heterocycles.